The number of ether oxygens (including phenoxy) is 2. The van der Waals surface area contributed by atoms with E-state index < -0.39 is 12.0 Å². The molecule has 6 heteroatoms. The van der Waals surface area contributed by atoms with Crippen LogP contribution >= 0.6 is 0 Å². The zero-order valence-electron chi connectivity index (χ0n) is 14.2. The van der Waals surface area contributed by atoms with Gasteiger partial charge in [-0.2, -0.15) is 0 Å². The Balaban J connectivity index is 1.99. The largest absolute Gasteiger partial charge is 0.493 e. The third-order valence-corrected chi connectivity index (χ3v) is 4.21. The third kappa shape index (κ3) is 3.58. The summed E-state index contributed by atoms with van der Waals surface area (Å²) >= 11 is 0. The average molecular weight is 342 g/mol. The highest BCUT2D eigenvalue weighted by Crippen LogP contribution is 2.36. The predicted molar refractivity (Wildman–Crippen MR) is 95.3 cm³/mol. The molecule has 2 atom stereocenters. The quantitative estimate of drug-likeness (QED) is 0.753. The van der Waals surface area contributed by atoms with Gasteiger partial charge in [-0.3, -0.25) is 4.79 Å². The fraction of sp³-hybridized carbons (Fsp3) is 0.368. The van der Waals surface area contributed by atoms with E-state index in [9.17, 15) is 4.79 Å². The van der Waals surface area contributed by atoms with Crippen molar-refractivity contribution in [3.05, 3.63) is 42.5 Å². The van der Waals surface area contributed by atoms with Gasteiger partial charge >= 0.3 is 5.97 Å². The minimum Gasteiger partial charge on any atom is -0.493 e. The van der Waals surface area contributed by atoms with Gasteiger partial charge in [0.25, 0.3) is 0 Å². The molecule has 1 aliphatic rings. The van der Waals surface area contributed by atoms with Crippen LogP contribution in [0.25, 0.3) is 10.9 Å². The lowest BCUT2D eigenvalue weighted by Crippen LogP contribution is -2.30. The highest BCUT2D eigenvalue weighted by Gasteiger charge is 2.31. The minimum absolute atomic E-state index is 0.243. The summed E-state index contributed by atoms with van der Waals surface area (Å²) in [5.41, 5.74) is 1.63. The standard InChI is InChI=1S/C19H22N2O4/c1-3-7-14-17(24-4-2)13-8-5-6-9-15(13)21-18(14)25-12-10-16(19(22)23)20-11-12/h3,5-6,8-9,12,16,20H,1,4,7,10-11H2,2H3,(H,22,23)/t12-,16+/m1/s1. The molecule has 0 bridgehead atoms. The first kappa shape index (κ1) is 17.2. The molecule has 0 unspecified atom stereocenters. The lowest BCUT2D eigenvalue weighted by Gasteiger charge is -2.19. The second-order valence-corrected chi connectivity index (χ2v) is 5.94. The van der Waals surface area contributed by atoms with Crippen LogP contribution in [0.4, 0.5) is 0 Å². The Hall–Kier alpha value is -2.60. The Morgan fingerprint density at radius 2 is 2.28 bits per heavy atom. The van der Waals surface area contributed by atoms with Gasteiger partial charge in [0.15, 0.2) is 0 Å². The van der Waals surface area contributed by atoms with Crippen molar-refractivity contribution in [2.24, 2.45) is 0 Å². The van der Waals surface area contributed by atoms with Gasteiger partial charge in [0.2, 0.25) is 5.88 Å². The number of carboxylic acid groups (broad SMARTS) is 1. The molecule has 2 aromatic rings. The molecule has 0 radical (unpaired) electrons. The first-order chi connectivity index (χ1) is 12.1. The number of carboxylic acids is 1. The number of fused-ring (bicyclic) bond motifs is 1. The second-order valence-electron chi connectivity index (χ2n) is 5.94. The second kappa shape index (κ2) is 7.53. The summed E-state index contributed by atoms with van der Waals surface area (Å²) in [6.45, 7) is 6.76. The molecule has 1 aliphatic heterocycles. The number of aromatic nitrogens is 1. The van der Waals surface area contributed by atoms with Gasteiger partial charge < -0.3 is 19.9 Å². The topological polar surface area (TPSA) is 80.7 Å². The monoisotopic (exact) mass is 342 g/mol. The lowest BCUT2D eigenvalue weighted by atomic mass is 10.1. The normalized spacial score (nSPS) is 19.7. The fourth-order valence-corrected chi connectivity index (χ4v) is 3.07. The molecule has 3 rings (SSSR count). The molecule has 2 heterocycles. The van der Waals surface area contributed by atoms with Crippen molar-refractivity contribution in [3.63, 3.8) is 0 Å². The Bertz CT molecular complexity index is 790. The number of pyridine rings is 1. The maximum atomic E-state index is 11.1. The number of nitrogens with zero attached hydrogens (tertiary/aromatic N) is 1. The van der Waals surface area contributed by atoms with Gasteiger partial charge in [0.05, 0.1) is 17.7 Å². The van der Waals surface area contributed by atoms with Gasteiger partial charge in [0, 0.05) is 18.4 Å². The van der Waals surface area contributed by atoms with E-state index in [4.69, 9.17) is 14.6 Å². The predicted octanol–water partition coefficient (Wildman–Crippen LogP) is 2.56. The SMILES string of the molecule is C=CCc1c(O[C@H]2CN[C@H](C(=O)O)C2)nc2ccccc2c1OCC. The molecule has 6 nitrogen and oxygen atoms in total. The zero-order chi connectivity index (χ0) is 17.8. The molecule has 1 saturated heterocycles. The first-order valence-electron chi connectivity index (χ1n) is 8.42. The van der Waals surface area contributed by atoms with E-state index in [1.807, 2.05) is 31.2 Å². The number of carbonyl (C=O) groups is 1. The Kier molecular flexibility index (Phi) is 5.19. The summed E-state index contributed by atoms with van der Waals surface area (Å²) in [7, 11) is 0. The van der Waals surface area contributed by atoms with Crippen molar-refractivity contribution in [1.82, 2.24) is 10.3 Å². The number of aliphatic carboxylic acids is 1. The van der Waals surface area contributed by atoms with E-state index in [1.165, 1.54) is 0 Å². The van der Waals surface area contributed by atoms with E-state index in [-0.39, 0.29) is 6.10 Å². The number of benzene rings is 1. The summed E-state index contributed by atoms with van der Waals surface area (Å²) in [4.78, 5) is 15.8. The fourth-order valence-electron chi connectivity index (χ4n) is 3.07. The van der Waals surface area contributed by atoms with Crippen molar-refractivity contribution in [2.75, 3.05) is 13.2 Å². The summed E-state index contributed by atoms with van der Waals surface area (Å²) in [5, 5.41) is 13.0. The molecule has 0 saturated carbocycles. The Morgan fingerprint density at radius 3 is 2.96 bits per heavy atom. The number of hydrogen-bond acceptors (Lipinski definition) is 5. The Morgan fingerprint density at radius 1 is 1.48 bits per heavy atom. The molecule has 1 fully saturated rings. The highest BCUT2D eigenvalue weighted by atomic mass is 16.5. The van der Waals surface area contributed by atoms with Crippen LogP contribution in [-0.4, -0.2) is 41.4 Å². The number of hydrogen-bond donors (Lipinski definition) is 2. The molecule has 0 amide bonds. The van der Waals surface area contributed by atoms with Crippen molar-refractivity contribution >= 4 is 16.9 Å². The highest BCUT2D eigenvalue weighted by molar-refractivity contribution is 5.87. The summed E-state index contributed by atoms with van der Waals surface area (Å²) in [6, 6.07) is 7.17. The smallest absolute Gasteiger partial charge is 0.320 e. The number of rotatable bonds is 7. The van der Waals surface area contributed by atoms with Crippen LogP contribution in [0.3, 0.4) is 0 Å². The van der Waals surface area contributed by atoms with Gasteiger partial charge in [-0.15, -0.1) is 6.58 Å². The van der Waals surface area contributed by atoms with Crippen LogP contribution in [0.5, 0.6) is 11.6 Å². The van der Waals surface area contributed by atoms with E-state index in [2.05, 4.69) is 16.9 Å². The number of para-hydroxylation sites is 1. The van der Waals surface area contributed by atoms with Crippen molar-refractivity contribution in [3.8, 4) is 11.6 Å². The van der Waals surface area contributed by atoms with Crippen LogP contribution < -0.4 is 14.8 Å². The average Bonchev–Trinajstić information content (AvgIpc) is 3.07. The summed E-state index contributed by atoms with van der Waals surface area (Å²) in [5.74, 6) is 0.377. The van der Waals surface area contributed by atoms with Crippen LogP contribution in [0.1, 0.15) is 18.9 Å². The number of allylic oxidation sites excluding steroid dienone is 1. The molecular weight excluding hydrogens is 320 g/mol. The van der Waals surface area contributed by atoms with Gasteiger partial charge in [-0.05, 0) is 25.5 Å². The van der Waals surface area contributed by atoms with Crippen molar-refractivity contribution in [1.29, 1.82) is 0 Å². The summed E-state index contributed by atoms with van der Waals surface area (Å²) < 4.78 is 12.0. The van der Waals surface area contributed by atoms with Crippen LogP contribution in [0.2, 0.25) is 0 Å². The number of nitrogens with one attached hydrogen (secondary N) is 1. The molecule has 132 valence electrons. The maximum Gasteiger partial charge on any atom is 0.320 e. The summed E-state index contributed by atoms with van der Waals surface area (Å²) in [6.07, 6.45) is 2.51. The molecule has 1 aromatic heterocycles. The minimum atomic E-state index is -0.862. The van der Waals surface area contributed by atoms with E-state index in [0.717, 1.165) is 22.2 Å². The van der Waals surface area contributed by atoms with Gasteiger partial charge in [-0.1, -0.05) is 18.2 Å². The Labute approximate surface area is 146 Å². The van der Waals surface area contributed by atoms with E-state index in [1.54, 1.807) is 6.08 Å². The lowest BCUT2D eigenvalue weighted by molar-refractivity contribution is -0.139. The molecule has 0 spiro atoms. The van der Waals surface area contributed by atoms with Crippen molar-refractivity contribution in [2.45, 2.75) is 31.9 Å². The first-order valence-corrected chi connectivity index (χ1v) is 8.42. The molecule has 1 aromatic carbocycles. The van der Waals surface area contributed by atoms with Gasteiger partial charge in [-0.25, -0.2) is 4.98 Å². The van der Waals surface area contributed by atoms with Crippen LogP contribution in [0.15, 0.2) is 36.9 Å². The van der Waals surface area contributed by atoms with Crippen LogP contribution in [0, 0.1) is 0 Å². The zero-order valence-corrected chi connectivity index (χ0v) is 14.2. The molecule has 0 aliphatic carbocycles. The van der Waals surface area contributed by atoms with E-state index >= 15 is 0 Å². The van der Waals surface area contributed by atoms with Crippen LogP contribution in [-0.2, 0) is 11.2 Å². The van der Waals surface area contributed by atoms with Gasteiger partial charge in [0.1, 0.15) is 17.9 Å². The van der Waals surface area contributed by atoms with E-state index in [0.29, 0.717) is 31.9 Å². The van der Waals surface area contributed by atoms with Crippen molar-refractivity contribution < 1.29 is 19.4 Å². The third-order valence-electron chi connectivity index (χ3n) is 4.21. The molecule has 2 N–H and O–H groups in total. The maximum absolute atomic E-state index is 11.1. The molecule has 25 heavy (non-hydrogen) atoms. The molecular formula is C19H22N2O4.